The Kier molecular flexibility index (Phi) is 9.22. The van der Waals surface area contributed by atoms with E-state index < -0.39 is 0 Å². The Balaban J connectivity index is 1.76. The fourth-order valence-electron chi connectivity index (χ4n) is 3.93. The molecule has 0 saturated carbocycles. The summed E-state index contributed by atoms with van der Waals surface area (Å²) in [7, 11) is 1.58. The standard InChI is InChI=1S/C27H34FN3O3/c1-20(2)16-26(32)31(14-15-34-3)19-27(33)30(18-21-8-10-23(28)11-9-21)13-12-22-17-29-25-7-5-4-6-24(22)25/h4-11,17,20,29H,12-16,18-19H2,1-3H3. The van der Waals surface area contributed by atoms with Crippen LogP contribution in [0.3, 0.4) is 0 Å². The quantitative estimate of drug-likeness (QED) is 0.429. The van der Waals surface area contributed by atoms with E-state index in [0.717, 1.165) is 22.0 Å². The smallest absolute Gasteiger partial charge is 0.242 e. The molecule has 0 aliphatic rings. The molecule has 0 radical (unpaired) electrons. The maximum absolute atomic E-state index is 13.4. The third kappa shape index (κ3) is 7.15. The first kappa shape index (κ1) is 25.4. The number of carbonyl (C=O) groups excluding carboxylic acids is 2. The number of H-pyrrole nitrogens is 1. The van der Waals surface area contributed by atoms with Crippen molar-refractivity contribution < 1.29 is 18.7 Å². The van der Waals surface area contributed by atoms with Crippen molar-refractivity contribution in [2.45, 2.75) is 33.2 Å². The SMILES string of the molecule is COCCN(CC(=O)N(CCc1c[nH]c2ccccc12)Cc1ccc(F)cc1)C(=O)CC(C)C. The molecular formula is C27H34FN3O3. The molecule has 0 unspecified atom stereocenters. The fraction of sp³-hybridized carbons (Fsp3) is 0.407. The van der Waals surface area contributed by atoms with Gasteiger partial charge in [-0.2, -0.15) is 0 Å². The zero-order valence-corrected chi connectivity index (χ0v) is 20.2. The number of carbonyl (C=O) groups is 2. The average Bonchev–Trinajstić information content (AvgIpc) is 3.23. The van der Waals surface area contributed by atoms with E-state index in [4.69, 9.17) is 4.74 Å². The number of fused-ring (bicyclic) bond motifs is 1. The summed E-state index contributed by atoms with van der Waals surface area (Å²) in [6.45, 7) is 5.51. The molecular weight excluding hydrogens is 433 g/mol. The van der Waals surface area contributed by atoms with Crippen LogP contribution in [-0.4, -0.2) is 59.9 Å². The third-order valence-corrected chi connectivity index (χ3v) is 5.79. The van der Waals surface area contributed by atoms with Crippen molar-refractivity contribution >= 4 is 22.7 Å². The molecule has 2 amide bonds. The van der Waals surface area contributed by atoms with E-state index in [2.05, 4.69) is 11.1 Å². The highest BCUT2D eigenvalue weighted by atomic mass is 19.1. The Morgan fingerprint density at radius 1 is 1.00 bits per heavy atom. The number of rotatable bonds is 12. The summed E-state index contributed by atoms with van der Waals surface area (Å²) in [5.41, 5.74) is 3.02. The molecule has 1 heterocycles. The zero-order valence-electron chi connectivity index (χ0n) is 20.2. The molecule has 0 aliphatic carbocycles. The first-order valence-corrected chi connectivity index (χ1v) is 11.7. The van der Waals surface area contributed by atoms with Gasteiger partial charge in [-0.25, -0.2) is 4.39 Å². The number of amides is 2. The van der Waals surface area contributed by atoms with Crippen molar-refractivity contribution in [2.75, 3.05) is 33.4 Å². The van der Waals surface area contributed by atoms with Crippen molar-refractivity contribution in [1.82, 2.24) is 14.8 Å². The molecule has 7 heteroatoms. The van der Waals surface area contributed by atoms with Gasteiger partial charge in [-0.1, -0.05) is 44.2 Å². The van der Waals surface area contributed by atoms with Gasteiger partial charge in [0.15, 0.2) is 0 Å². The van der Waals surface area contributed by atoms with E-state index in [1.54, 1.807) is 29.0 Å². The lowest BCUT2D eigenvalue weighted by atomic mass is 10.1. The van der Waals surface area contributed by atoms with Gasteiger partial charge in [0.25, 0.3) is 0 Å². The van der Waals surface area contributed by atoms with Gasteiger partial charge in [0, 0.05) is 50.3 Å². The lowest BCUT2D eigenvalue weighted by Gasteiger charge is -2.28. The number of aromatic amines is 1. The van der Waals surface area contributed by atoms with Crippen LogP contribution in [0.1, 0.15) is 31.4 Å². The molecule has 0 spiro atoms. The molecule has 2 aromatic carbocycles. The van der Waals surface area contributed by atoms with Crippen LogP contribution in [0.15, 0.2) is 54.7 Å². The number of nitrogens with zero attached hydrogens (tertiary/aromatic N) is 2. The summed E-state index contributed by atoms with van der Waals surface area (Å²) in [6, 6.07) is 14.2. The van der Waals surface area contributed by atoms with Gasteiger partial charge >= 0.3 is 0 Å². The molecule has 1 aromatic heterocycles. The predicted molar refractivity (Wildman–Crippen MR) is 132 cm³/mol. The maximum atomic E-state index is 13.4. The van der Waals surface area contributed by atoms with Crippen LogP contribution in [0, 0.1) is 11.7 Å². The number of benzene rings is 2. The lowest BCUT2D eigenvalue weighted by Crippen LogP contribution is -2.44. The van der Waals surface area contributed by atoms with Crippen molar-refractivity contribution in [3.8, 4) is 0 Å². The van der Waals surface area contributed by atoms with E-state index >= 15 is 0 Å². The second kappa shape index (κ2) is 12.3. The number of ether oxygens (including phenoxy) is 1. The Bertz CT molecular complexity index is 1080. The molecule has 0 bridgehead atoms. The summed E-state index contributed by atoms with van der Waals surface area (Å²) in [6.07, 6.45) is 3.02. The van der Waals surface area contributed by atoms with Crippen molar-refractivity contribution in [3.05, 3.63) is 71.7 Å². The molecule has 3 aromatic rings. The van der Waals surface area contributed by atoms with E-state index in [1.165, 1.54) is 12.1 Å². The number of para-hydroxylation sites is 1. The molecule has 3 rings (SSSR count). The molecule has 34 heavy (non-hydrogen) atoms. The highest BCUT2D eigenvalue weighted by Crippen LogP contribution is 2.19. The Labute approximate surface area is 200 Å². The van der Waals surface area contributed by atoms with Crippen LogP contribution in [0.5, 0.6) is 0 Å². The van der Waals surface area contributed by atoms with Gasteiger partial charge in [0.1, 0.15) is 5.82 Å². The van der Waals surface area contributed by atoms with E-state index in [-0.39, 0.29) is 30.1 Å². The number of halogens is 1. The van der Waals surface area contributed by atoms with Gasteiger partial charge in [-0.15, -0.1) is 0 Å². The third-order valence-electron chi connectivity index (χ3n) is 5.79. The van der Waals surface area contributed by atoms with Gasteiger partial charge in [0.05, 0.1) is 13.2 Å². The molecule has 0 atom stereocenters. The average molecular weight is 468 g/mol. The highest BCUT2D eigenvalue weighted by molar-refractivity contribution is 5.85. The fourth-order valence-corrected chi connectivity index (χ4v) is 3.93. The number of methoxy groups -OCH3 is 1. The highest BCUT2D eigenvalue weighted by Gasteiger charge is 2.22. The molecule has 0 fully saturated rings. The zero-order chi connectivity index (χ0) is 24.5. The monoisotopic (exact) mass is 467 g/mol. The summed E-state index contributed by atoms with van der Waals surface area (Å²) in [4.78, 5) is 32.8. The van der Waals surface area contributed by atoms with Crippen molar-refractivity contribution in [1.29, 1.82) is 0 Å². The van der Waals surface area contributed by atoms with E-state index in [9.17, 15) is 14.0 Å². The Morgan fingerprint density at radius 2 is 1.74 bits per heavy atom. The van der Waals surface area contributed by atoms with Crippen LogP contribution in [-0.2, 0) is 27.3 Å². The minimum absolute atomic E-state index is 0.00993. The Hall–Kier alpha value is -3.19. The van der Waals surface area contributed by atoms with Crippen LogP contribution >= 0.6 is 0 Å². The van der Waals surface area contributed by atoms with Crippen LogP contribution in [0.25, 0.3) is 10.9 Å². The summed E-state index contributed by atoms with van der Waals surface area (Å²) < 4.78 is 18.6. The molecule has 1 N–H and O–H groups in total. The van der Waals surface area contributed by atoms with E-state index in [0.29, 0.717) is 39.1 Å². The molecule has 0 saturated heterocycles. The van der Waals surface area contributed by atoms with Crippen molar-refractivity contribution in [2.24, 2.45) is 5.92 Å². The number of hydrogen-bond donors (Lipinski definition) is 1. The number of hydrogen-bond acceptors (Lipinski definition) is 3. The Morgan fingerprint density at radius 3 is 2.44 bits per heavy atom. The largest absolute Gasteiger partial charge is 0.383 e. The molecule has 182 valence electrons. The maximum Gasteiger partial charge on any atom is 0.242 e. The van der Waals surface area contributed by atoms with Crippen molar-refractivity contribution in [3.63, 3.8) is 0 Å². The normalized spacial score (nSPS) is 11.2. The number of aromatic nitrogens is 1. The van der Waals surface area contributed by atoms with Gasteiger partial charge in [0.2, 0.25) is 11.8 Å². The predicted octanol–water partition coefficient (Wildman–Crippen LogP) is 4.40. The lowest BCUT2D eigenvalue weighted by molar-refractivity contribution is -0.141. The van der Waals surface area contributed by atoms with Crippen LogP contribution in [0.2, 0.25) is 0 Å². The second-order valence-electron chi connectivity index (χ2n) is 8.96. The van der Waals surface area contributed by atoms with Gasteiger partial charge in [-0.3, -0.25) is 9.59 Å². The minimum atomic E-state index is -0.314. The van der Waals surface area contributed by atoms with E-state index in [1.807, 2.05) is 38.2 Å². The summed E-state index contributed by atoms with van der Waals surface area (Å²) >= 11 is 0. The molecule has 6 nitrogen and oxygen atoms in total. The first-order chi connectivity index (χ1) is 16.4. The topological polar surface area (TPSA) is 65.6 Å². The minimum Gasteiger partial charge on any atom is -0.383 e. The van der Waals surface area contributed by atoms with Gasteiger partial charge < -0.3 is 19.5 Å². The molecule has 0 aliphatic heterocycles. The van der Waals surface area contributed by atoms with Gasteiger partial charge in [-0.05, 0) is 41.7 Å². The first-order valence-electron chi connectivity index (χ1n) is 11.7. The van der Waals surface area contributed by atoms with Crippen LogP contribution < -0.4 is 0 Å². The second-order valence-corrected chi connectivity index (χ2v) is 8.96. The van der Waals surface area contributed by atoms with Crippen LogP contribution in [0.4, 0.5) is 4.39 Å². The summed E-state index contributed by atoms with van der Waals surface area (Å²) in [5, 5.41) is 1.13. The summed E-state index contributed by atoms with van der Waals surface area (Å²) in [5.74, 6) is -0.314. The number of nitrogens with one attached hydrogen (secondary N) is 1.